The summed E-state index contributed by atoms with van der Waals surface area (Å²) < 4.78 is 28.9. The minimum atomic E-state index is -3.01. The van der Waals surface area contributed by atoms with Gasteiger partial charge in [0.15, 0.2) is 0 Å². The van der Waals surface area contributed by atoms with Gasteiger partial charge >= 0.3 is 0 Å². The van der Waals surface area contributed by atoms with E-state index in [2.05, 4.69) is 20.2 Å². The molecular weight excluding hydrogens is 620 g/mol. The lowest BCUT2D eigenvalue weighted by molar-refractivity contribution is 0.0603. The number of pyridine rings is 1. The number of anilines is 1. The Labute approximate surface area is 275 Å². The second kappa shape index (κ2) is 13.9. The second-order valence-corrected chi connectivity index (χ2v) is 14.7. The van der Waals surface area contributed by atoms with Gasteiger partial charge in [0.25, 0.3) is 11.5 Å². The van der Waals surface area contributed by atoms with Gasteiger partial charge in [0, 0.05) is 56.8 Å². The number of piperidine rings is 1. The van der Waals surface area contributed by atoms with Crippen LogP contribution in [0.1, 0.15) is 47.3 Å². The lowest BCUT2D eigenvalue weighted by atomic mass is 10.0. The molecule has 2 aliphatic rings. The number of H-pyrrole nitrogens is 2. The number of rotatable bonds is 11. The van der Waals surface area contributed by atoms with Crippen molar-refractivity contribution in [1.82, 2.24) is 24.8 Å². The molecule has 0 aliphatic carbocycles. The molecule has 2 aromatic carbocycles. The zero-order valence-corrected chi connectivity index (χ0v) is 27.1. The predicted molar refractivity (Wildman–Crippen MR) is 184 cm³/mol. The number of aliphatic hydroxyl groups is 1. The van der Waals surface area contributed by atoms with Crippen LogP contribution in [-0.2, 0) is 16.4 Å². The van der Waals surface area contributed by atoms with Gasteiger partial charge in [0.05, 0.1) is 22.5 Å². The Morgan fingerprint density at radius 2 is 1.89 bits per heavy atom. The SMILES string of the molecule is C.Cc1ccc(OC[C@H](O)CNc2cc[nH]c(=O)c2-c2nc3cc4c(cc3[nH]2)CN(C2CCN(CCS(C)(=O)=O)CC2)C4=O)c(C)c1. The Balaban J connectivity index is 0.00000433. The van der Waals surface area contributed by atoms with E-state index < -0.39 is 15.9 Å². The molecule has 47 heavy (non-hydrogen) atoms. The first kappa shape index (κ1) is 34.1. The first-order chi connectivity index (χ1) is 21.9. The number of fused-ring (bicyclic) bond motifs is 2. The first-order valence-electron chi connectivity index (χ1n) is 15.5. The summed E-state index contributed by atoms with van der Waals surface area (Å²) in [6.07, 6.45) is 3.54. The predicted octanol–water partition coefficient (Wildman–Crippen LogP) is 3.49. The highest BCUT2D eigenvalue weighted by molar-refractivity contribution is 7.90. The number of aromatic amines is 2. The maximum absolute atomic E-state index is 13.5. The average molecular weight is 665 g/mol. The normalized spacial score (nSPS) is 16.3. The van der Waals surface area contributed by atoms with Crippen LogP contribution in [0.3, 0.4) is 0 Å². The smallest absolute Gasteiger partial charge is 0.261 e. The van der Waals surface area contributed by atoms with Gasteiger partial charge in [0.1, 0.15) is 39.7 Å². The number of nitrogens with zero attached hydrogens (tertiary/aromatic N) is 3. The lowest BCUT2D eigenvalue weighted by Crippen LogP contribution is -2.45. The number of nitrogens with one attached hydrogen (secondary N) is 3. The Morgan fingerprint density at radius 1 is 1.13 bits per heavy atom. The average Bonchev–Trinajstić information content (AvgIpc) is 3.57. The fourth-order valence-corrected chi connectivity index (χ4v) is 6.89. The van der Waals surface area contributed by atoms with Gasteiger partial charge in [-0.3, -0.25) is 9.59 Å². The summed E-state index contributed by atoms with van der Waals surface area (Å²) in [5, 5.41) is 13.8. The van der Waals surface area contributed by atoms with E-state index in [1.165, 1.54) is 12.5 Å². The number of aliphatic hydroxyl groups excluding tert-OH is 1. The molecule has 252 valence electrons. The van der Waals surface area contributed by atoms with Gasteiger partial charge < -0.3 is 34.9 Å². The Kier molecular flexibility index (Phi) is 10.1. The molecule has 1 atom stereocenters. The maximum atomic E-state index is 13.5. The highest BCUT2D eigenvalue weighted by Gasteiger charge is 2.35. The van der Waals surface area contributed by atoms with Crippen molar-refractivity contribution in [2.75, 3.05) is 50.1 Å². The van der Waals surface area contributed by atoms with Gasteiger partial charge in [-0.05, 0) is 62.1 Å². The van der Waals surface area contributed by atoms with Crippen molar-refractivity contribution in [2.24, 2.45) is 0 Å². The molecule has 0 unspecified atom stereocenters. The number of benzene rings is 2. The van der Waals surface area contributed by atoms with Gasteiger partial charge in [-0.2, -0.15) is 0 Å². The molecule has 12 nitrogen and oxygen atoms in total. The number of aromatic nitrogens is 3. The van der Waals surface area contributed by atoms with Crippen molar-refractivity contribution >= 4 is 32.5 Å². The molecule has 1 saturated heterocycles. The summed E-state index contributed by atoms with van der Waals surface area (Å²) in [4.78, 5) is 41.2. The standard InChI is InChI=1S/C33H40N6O6S.CH4/c1-20-4-5-29(21(2)14-20)45-19-24(40)17-35-26-6-9-34-32(41)30(26)31-36-27-15-22-18-39(33(42)25(22)16-28(27)37-31)23-7-10-38(11-8-23)12-13-46(3,43)44;/h4-6,9,14-16,23-24,40H,7-8,10-13,17-19H2,1-3H3,(H,36,37)(H2,34,35,41);1H4/t24-;/m1./s1. The number of likely N-dealkylation sites (tertiary alicyclic amines) is 1. The van der Waals surface area contributed by atoms with Crippen LogP contribution in [0.4, 0.5) is 5.69 Å². The third-order valence-electron chi connectivity index (χ3n) is 8.80. The summed E-state index contributed by atoms with van der Waals surface area (Å²) in [5.74, 6) is 1.18. The van der Waals surface area contributed by atoms with E-state index in [9.17, 15) is 23.1 Å². The van der Waals surface area contributed by atoms with E-state index in [4.69, 9.17) is 9.72 Å². The van der Waals surface area contributed by atoms with Crippen molar-refractivity contribution in [3.05, 3.63) is 75.2 Å². The number of carbonyl (C=O) groups excluding carboxylic acids is 1. The molecule has 0 radical (unpaired) electrons. The number of ether oxygens (including phenoxy) is 1. The quantitative estimate of drug-likeness (QED) is 0.188. The maximum Gasteiger partial charge on any atom is 0.261 e. The molecule has 0 bridgehead atoms. The molecule has 4 N–H and O–H groups in total. The molecule has 0 spiro atoms. The van der Waals surface area contributed by atoms with E-state index in [1.54, 1.807) is 12.1 Å². The summed E-state index contributed by atoms with van der Waals surface area (Å²) in [7, 11) is -3.01. The van der Waals surface area contributed by atoms with Crippen molar-refractivity contribution < 1.29 is 23.1 Å². The second-order valence-electron chi connectivity index (χ2n) is 12.5. The number of aryl methyl sites for hydroxylation is 2. The zero-order valence-electron chi connectivity index (χ0n) is 26.3. The molecule has 4 heterocycles. The van der Waals surface area contributed by atoms with Crippen LogP contribution in [0, 0.1) is 13.8 Å². The van der Waals surface area contributed by atoms with Crippen LogP contribution < -0.4 is 15.6 Å². The van der Waals surface area contributed by atoms with E-state index in [1.807, 2.05) is 43.0 Å². The third kappa shape index (κ3) is 7.69. The van der Waals surface area contributed by atoms with Crippen LogP contribution in [-0.4, -0.2) is 101 Å². The Morgan fingerprint density at radius 3 is 2.62 bits per heavy atom. The van der Waals surface area contributed by atoms with E-state index in [-0.39, 0.29) is 43.8 Å². The van der Waals surface area contributed by atoms with Crippen LogP contribution >= 0.6 is 0 Å². The number of imidazole rings is 1. The summed E-state index contributed by atoms with van der Waals surface area (Å²) >= 11 is 0. The van der Waals surface area contributed by atoms with E-state index >= 15 is 0 Å². The topological polar surface area (TPSA) is 161 Å². The first-order valence-corrected chi connectivity index (χ1v) is 17.6. The summed E-state index contributed by atoms with van der Waals surface area (Å²) in [6, 6.07) is 11.4. The van der Waals surface area contributed by atoms with Gasteiger partial charge in [-0.25, -0.2) is 13.4 Å². The molecular formula is C34H44N6O6S. The fraction of sp³-hybridized carbons (Fsp3) is 0.441. The molecule has 1 fully saturated rings. The van der Waals surface area contributed by atoms with Crippen molar-refractivity contribution in [3.8, 4) is 17.1 Å². The number of sulfone groups is 1. The zero-order chi connectivity index (χ0) is 32.6. The van der Waals surface area contributed by atoms with Gasteiger partial charge in [-0.1, -0.05) is 25.1 Å². The number of amides is 1. The van der Waals surface area contributed by atoms with Crippen LogP contribution in [0.15, 0.2) is 47.4 Å². The Hall–Kier alpha value is -4.20. The molecule has 1 amide bonds. The number of carbonyl (C=O) groups is 1. The molecule has 0 saturated carbocycles. The largest absolute Gasteiger partial charge is 0.491 e. The monoisotopic (exact) mass is 664 g/mol. The van der Waals surface area contributed by atoms with Crippen LogP contribution in [0.2, 0.25) is 0 Å². The van der Waals surface area contributed by atoms with Crippen LogP contribution in [0.5, 0.6) is 5.75 Å². The molecule has 6 rings (SSSR count). The van der Waals surface area contributed by atoms with Crippen molar-refractivity contribution in [1.29, 1.82) is 0 Å². The van der Waals surface area contributed by atoms with E-state index in [0.717, 1.165) is 48.1 Å². The minimum Gasteiger partial charge on any atom is -0.491 e. The minimum absolute atomic E-state index is 0. The van der Waals surface area contributed by atoms with Gasteiger partial charge in [0.2, 0.25) is 0 Å². The summed E-state index contributed by atoms with van der Waals surface area (Å²) in [6.45, 7) is 6.72. The highest BCUT2D eigenvalue weighted by Crippen LogP contribution is 2.33. The van der Waals surface area contributed by atoms with E-state index in [0.29, 0.717) is 47.0 Å². The van der Waals surface area contributed by atoms with Crippen molar-refractivity contribution in [2.45, 2.75) is 52.8 Å². The summed E-state index contributed by atoms with van der Waals surface area (Å²) in [5.41, 5.74) is 5.40. The Bertz CT molecular complexity index is 1930. The number of hydrogen-bond acceptors (Lipinski definition) is 9. The van der Waals surface area contributed by atoms with Crippen LogP contribution in [0.25, 0.3) is 22.4 Å². The fourth-order valence-electron chi connectivity index (χ4n) is 6.30. The lowest BCUT2D eigenvalue weighted by Gasteiger charge is -2.36. The molecule has 13 heteroatoms. The number of hydrogen-bond donors (Lipinski definition) is 4. The molecule has 4 aromatic rings. The highest BCUT2D eigenvalue weighted by atomic mass is 32.2. The molecule has 2 aromatic heterocycles. The van der Waals surface area contributed by atoms with Gasteiger partial charge in [-0.15, -0.1) is 0 Å². The van der Waals surface area contributed by atoms with Crippen molar-refractivity contribution in [3.63, 3.8) is 0 Å². The molecule has 2 aliphatic heterocycles. The third-order valence-corrected chi connectivity index (χ3v) is 9.73.